The first-order chi connectivity index (χ1) is 15.4. The van der Waals surface area contributed by atoms with Crippen molar-refractivity contribution in [1.82, 2.24) is 9.56 Å². The minimum Gasteiger partial charge on any atom is -0.485 e. The zero-order valence-corrected chi connectivity index (χ0v) is 18.0. The molecular weight excluding hydrogens is 410 g/mol. The maximum absolute atomic E-state index is 12.4. The van der Waals surface area contributed by atoms with Crippen molar-refractivity contribution in [1.29, 1.82) is 0 Å². The molecule has 0 unspecified atom stereocenters. The van der Waals surface area contributed by atoms with Crippen LogP contribution in [0.4, 0.5) is 5.69 Å². The van der Waals surface area contributed by atoms with Gasteiger partial charge in [-0.1, -0.05) is 18.2 Å². The van der Waals surface area contributed by atoms with Crippen LogP contribution in [-0.4, -0.2) is 22.1 Å². The maximum atomic E-state index is 12.4. The van der Waals surface area contributed by atoms with E-state index in [0.717, 1.165) is 15.7 Å². The molecule has 0 fully saturated rings. The summed E-state index contributed by atoms with van der Waals surface area (Å²) in [4.78, 5) is 29.0. The van der Waals surface area contributed by atoms with Crippen molar-refractivity contribution in [3.05, 3.63) is 87.5 Å². The molecule has 0 bridgehead atoms. The number of nitrogens with one attached hydrogen (secondary N) is 1. The lowest BCUT2D eigenvalue weighted by Gasteiger charge is -2.14. The Kier molecular flexibility index (Phi) is 5.93. The van der Waals surface area contributed by atoms with Gasteiger partial charge in [0.2, 0.25) is 0 Å². The molecule has 0 spiro atoms. The lowest BCUT2D eigenvalue weighted by atomic mass is 10.2. The third kappa shape index (κ3) is 4.97. The molecule has 0 saturated heterocycles. The molecule has 2 aromatic heterocycles. The number of aryl methyl sites for hydroxylation is 3. The van der Waals surface area contributed by atoms with Gasteiger partial charge in [0, 0.05) is 12.1 Å². The van der Waals surface area contributed by atoms with Gasteiger partial charge < -0.3 is 19.3 Å². The number of hydrogen-bond donors (Lipinski definition) is 1. The minimum atomic E-state index is -0.326. The van der Waals surface area contributed by atoms with E-state index in [1.54, 1.807) is 25.1 Å². The van der Waals surface area contributed by atoms with Gasteiger partial charge in [-0.15, -0.1) is 4.57 Å². The topological polar surface area (TPSA) is 95.1 Å². The quantitative estimate of drug-likeness (QED) is 0.476. The van der Waals surface area contributed by atoms with Crippen LogP contribution in [0.2, 0.25) is 0 Å². The molecular formula is C24H23N3O5. The second-order valence-corrected chi connectivity index (χ2v) is 7.53. The molecule has 4 aromatic rings. The predicted octanol–water partition coefficient (Wildman–Crippen LogP) is 3.81. The van der Waals surface area contributed by atoms with Gasteiger partial charge in [0.05, 0.1) is 11.4 Å². The Labute approximate surface area is 184 Å². The molecule has 0 radical (unpaired) electrons. The van der Waals surface area contributed by atoms with Gasteiger partial charge in [0.25, 0.3) is 11.5 Å². The number of hydrogen-bond acceptors (Lipinski definition) is 6. The molecule has 2 aromatic carbocycles. The van der Waals surface area contributed by atoms with E-state index in [1.165, 1.54) is 6.07 Å². The summed E-state index contributed by atoms with van der Waals surface area (Å²) in [5.74, 6) is 1.37. The van der Waals surface area contributed by atoms with Gasteiger partial charge in [-0.25, -0.2) is 4.98 Å². The SMILES string of the molecule is Cc1cccc(OCC(=O)Nc2ccc(C)cc2OCc2cc(=O)n3oc(C)cc3n2)c1. The lowest BCUT2D eigenvalue weighted by Crippen LogP contribution is -2.20. The van der Waals surface area contributed by atoms with Crippen LogP contribution in [0.1, 0.15) is 22.6 Å². The van der Waals surface area contributed by atoms with Crippen molar-refractivity contribution < 1.29 is 18.8 Å². The number of aromatic nitrogens is 2. The summed E-state index contributed by atoms with van der Waals surface area (Å²) in [6, 6.07) is 16.0. The van der Waals surface area contributed by atoms with E-state index >= 15 is 0 Å². The highest BCUT2D eigenvalue weighted by Crippen LogP contribution is 2.26. The predicted molar refractivity (Wildman–Crippen MR) is 119 cm³/mol. The van der Waals surface area contributed by atoms with Crippen molar-refractivity contribution >= 4 is 17.2 Å². The zero-order valence-electron chi connectivity index (χ0n) is 18.0. The highest BCUT2D eigenvalue weighted by atomic mass is 16.5. The van der Waals surface area contributed by atoms with E-state index in [2.05, 4.69) is 10.3 Å². The Bertz CT molecular complexity index is 1340. The number of carbonyl (C=O) groups excluding carboxylic acids is 1. The lowest BCUT2D eigenvalue weighted by molar-refractivity contribution is -0.118. The fourth-order valence-electron chi connectivity index (χ4n) is 3.19. The number of amides is 1. The molecule has 0 aliphatic heterocycles. The van der Waals surface area contributed by atoms with Crippen LogP contribution in [0, 0.1) is 20.8 Å². The Morgan fingerprint density at radius 3 is 2.66 bits per heavy atom. The number of nitrogens with zero attached hydrogens (tertiary/aromatic N) is 2. The first-order valence-electron chi connectivity index (χ1n) is 10.1. The molecule has 1 amide bonds. The summed E-state index contributed by atoms with van der Waals surface area (Å²) in [6.45, 7) is 5.55. The number of anilines is 1. The summed E-state index contributed by atoms with van der Waals surface area (Å²) >= 11 is 0. The van der Waals surface area contributed by atoms with Gasteiger partial charge in [-0.05, 0) is 56.2 Å². The van der Waals surface area contributed by atoms with Crippen molar-refractivity contribution in [2.24, 2.45) is 0 Å². The standard InChI is InChI=1S/C24H23N3O5/c1-15-5-4-6-19(9-15)30-14-23(28)26-20-8-7-16(2)10-21(20)31-13-18-12-24(29)27-22(25-18)11-17(3)32-27/h4-12H,13-14H2,1-3H3,(H,26,28). The molecule has 1 N–H and O–H groups in total. The van der Waals surface area contributed by atoms with Gasteiger partial charge in [-0.2, -0.15) is 0 Å². The molecule has 32 heavy (non-hydrogen) atoms. The normalized spacial score (nSPS) is 10.8. The fraction of sp³-hybridized carbons (Fsp3) is 0.208. The second-order valence-electron chi connectivity index (χ2n) is 7.53. The van der Waals surface area contributed by atoms with Crippen LogP contribution >= 0.6 is 0 Å². The smallest absolute Gasteiger partial charge is 0.287 e. The molecule has 4 rings (SSSR count). The van der Waals surface area contributed by atoms with Crippen molar-refractivity contribution in [3.8, 4) is 11.5 Å². The third-order valence-corrected chi connectivity index (χ3v) is 4.67. The molecule has 8 nitrogen and oxygen atoms in total. The summed E-state index contributed by atoms with van der Waals surface area (Å²) in [5, 5.41) is 2.81. The van der Waals surface area contributed by atoms with Crippen LogP contribution in [0.5, 0.6) is 11.5 Å². The number of benzene rings is 2. The van der Waals surface area contributed by atoms with Crippen LogP contribution in [0.3, 0.4) is 0 Å². The van der Waals surface area contributed by atoms with Crippen molar-refractivity contribution in [2.75, 3.05) is 11.9 Å². The number of rotatable bonds is 7. The Morgan fingerprint density at radius 2 is 1.84 bits per heavy atom. The summed E-state index contributed by atoms with van der Waals surface area (Å²) in [6.07, 6.45) is 0. The van der Waals surface area contributed by atoms with Gasteiger partial charge in [0.15, 0.2) is 12.3 Å². The molecule has 164 valence electrons. The monoisotopic (exact) mass is 433 g/mol. The van der Waals surface area contributed by atoms with E-state index in [1.807, 2.05) is 44.2 Å². The van der Waals surface area contributed by atoms with Crippen molar-refractivity contribution in [2.45, 2.75) is 27.4 Å². The van der Waals surface area contributed by atoms with Gasteiger partial charge in [-0.3, -0.25) is 9.59 Å². The summed E-state index contributed by atoms with van der Waals surface area (Å²) in [7, 11) is 0. The molecule has 0 aliphatic rings. The molecule has 0 atom stereocenters. The summed E-state index contributed by atoms with van der Waals surface area (Å²) in [5.41, 5.74) is 3.06. The van der Waals surface area contributed by atoms with Crippen LogP contribution in [0.25, 0.3) is 5.65 Å². The number of carbonyl (C=O) groups is 1. The number of ether oxygens (including phenoxy) is 2. The first-order valence-corrected chi connectivity index (χ1v) is 10.1. The largest absolute Gasteiger partial charge is 0.485 e. The Hall–Kier alpha value is -4.07. The molecule has 8 heteroatoms. The zero-order chi connectivity index (χ0) is 22.7. The number of fused-ring (bicyclic) bond motifs is 1. The van der Waals surface area contributed by atoms with Crippen LogP contribution in [-0.2, 0) is 11.4 Å². The minimum absolute atomic E-state index is 0.0576. The van der Waals surface area contributed by atoms with Gasteiger partial charge in [0.1, 0.15) is 23.9 Å². The van der Waals surface area contributed by atoms with E-state index in [0.29, 0.717) is 34.3 Å². The van der Waals surface area contributed by atoms with Crippen LogP contribution < -0.4 is 20.3 Å². The summed E-state index contributed by atoms with van der Waals surface area (Å²) < 4.78 is 17.9. The Balaban J connectivity index is 1.45. The average Bonchev–Trinajstić information content (AvgIpc) is 3.13. The first kappa shape index (κ1) is 21.2. The Morgan fingerprint density at radius 1 is 1.03 bits per heavy atom. The highest BCUT2D eigenvalue weighted by Gasteiger charge is 2.12. The van der Waals surface area contributed by atoms with E-state index in [9.17, 15) is 9.59 Å². The average molecular weight is 433 g/mol. The maximum Gasteiger partial charge on any atom is 0.287 e. The van der Waals surface area contributed by atoms with Gasteiger partial charge >= 0.3 is 0 Å². The van der Waals surface area contributed by atoms with Crippen molar-refractivity contribution in [3.63, 3.8) is 0 Å². The highest BCUT2D eigenvalue weighted by molar-refractivity contribution is 5.93. The molecule has 0 aliphatic carbocycles. The molecule has 0 saturated carbocycles. The van der Waals surface area contributed by atoms with E-state index in [-0.39, 0.29) is 24.7 Å². The van der Waals surface area contributed by atoms with E-state index in [4.69, 9.17) is 14.0 Å². The second kappa shape index (κ2) is 8.97. The van der Waals surface area contributed by atoms with E-state index < -0.39 is 0 Å². The fourth-order valence-corrected chi connectivity index (χ4v) is 3.19. The van der Waals surface area contributed by atoms with Crippen LogP contribution in [0.15, 0.2) is 63.9 Å². The molecule has 2 heterocycles. The third-order valence-electron chi connectivity index (χ3n) is 4.67.